The Labute approximate surface area is 117 Å². The summed E-state index contributed by atoms with van der Waals surface area (Å²) in [7, 11) is -2.46. The summed E-state index contributed by atoms with van der Waals surface area (Å²) in [5.74, 6) is -1.31. The number of amides is 1. The number of hydrogen-bond donors (Lipinski definition) is 1. The van der Waals surface area contributed by atoms with Gasteiger partial charge in [-0.15, -0.1) is 0 Å². The van der Waals surface area contributed by atoms with Crippen LogP contribution in [0.4, 0.5) is 5.69 Å². The lowest BCUT2D eigenvalue weighted by Crippen LogP contribution is -2.34. The number of nitrogens with one attached hydrogen (secondary N) is 1. The fourth-order valence-corrected chi connectivity index (χ4v) is 4.03. The van der Waals surface area contributed by atoms with E-state index in [0.717, 1.165) is 0 Å². The Hall–Kier alpha value is -1.89. The Morgan fingerprint density at radius 1 is 1.35 bits per heavy atom. The standard InChI is InChI=1S/C13H15NO5S/c1-13(2)7-20(17,18)10-6-8(11(15)19-3)4-5-9(10)14-12(13)16/h4-6H,7H2,1-3H3,(H,14,16). The predicted molar refractivity (Wildman–Crippen MR) is 72.2 cm³/mol. The summed E-state index contributed by atoms with van der Waals surface area (Å²) < 4.78 is 29.3. The Balaban J connectivity index is 2.63. The normalized spacial score (nSPS) is 19.4. The number of esters is 1. The second-order valence-electron chi connectivity index (χ2n) is 5.30. The highest BCUT2D eigenvalue weighted by Crippen LogP contribution is 2.33. The molecule has 0 saturated heterocycles. The first-order valence-electron chi connectivity index (χ1n) is 5.94. The van der Waals surface area contributed by atoms with E-state index in [1.54, 1.807) is 13.8 Å². The van der Waals surface area contributed by atoms with Gasteiger partial charge in [0, 0.05) is 0 Å². The first kappa shape index (κ1) is 14.5. The Bertz CT molecular complexity index is 691. The van der Waals surface area contributed by atoms with Gasteiger partial charge >= 0.3 is 5.97 Å². The lowest BCUT2D eigenvalue weighted by molar-refractivity contribution is -0.122. The maximum atomic E-state index is 12.4. The van der Waals surface area contributed by atoms with Crippen LogP contribution in [0.1, 0.15) is 24.2 Å². The number of rotatable bonds is 1. The van der Waals surface area contributed by atoms with Gasteiger partial charge in [0.1, 0.15) is 0 Å². The zero-order chi connectivity index (χ0) is 15.1. The van der Waals surface area contributed by atoms with Crippen LogP contribution in [0.15, 0.2) is 23.1 Å². The van der Waals surface area contributed by atoms with Gasteiger partial charge in [0.15, 0.2) is 9.84 Å². The van der Waals surface area contributed by atoms with Crippen LogP contribution in [-0.4, -0.2) is 33.2 Å². The van der Waals surface area contributed by atoms with E-state index < -0.39 is 21.2 Å². The highest BCUT2D eigenvalue weighted by molar-refractivity contribution is 7.91. The Morgan fingerprint density at radius 2 is 2.00 bits per heavy atom. The maximum Gasteiger partial charge on any atom is 0.337 e. The number of carbonyl (C=O) groups is 2. The van der Waals surface area contributed by atoms with E-state index in [2.05, 4.69) is 10.1 Å². The first-order chi connectivity index (χ1) is 9.17. The average Bonchev–Trinajstić information content (AvgIpc) is 2.42. The van der Waals surface area contributed by atoms with Crippen LogP contribution in [0, 0.1) is 5.41 Å². The van der Waals surface area contributed by atoms with Gasteiger partial charge in [0.25, 0.3) is 0 Å². The molecule has 0 radical (unpaired) electrons. The molecule has 1 aromatic carbocycles. The van der Waals surface area contributed by atoms with Gasteiger partial charge in [-0.05, 0) is 18.2 Å². The third-order valence-corrected chi connectivity index (χ3v) is 5.26. The number of benzene rings is 1. The fourth-order valence-electron chi connectivity index (χ4n) is 2.04. The van der Waals surface area contributed by atoms with Crippen molar-refractivity contribution in [1.82, 2.24) is 0 Å². The van der Waals surface area contributed by atoms with Crippen molar-refractivity contribution >= 4 is 27.4 Å². The van der Waals surface area contributed by atoms with Crippen molar-refractivity contribution in [3.8, 4) is 0 Å². The van der Waals surface area contributed by atoms with Crippen LogP contribution >= 0.6 is 0 Å². The number of carbonyl (C=O) groups excluding carboxylic acids is 2. The molecule has 0 bridgehead atoms. The Kier molecular flexibility index (Phi) is 3.33. The molecule has 0 saturated carbocycles. The van der Waals surface area contributed by atoms with Crippen molar-refractivity contribution in [2.75, 3.05) is 18.2 Å². The third-order valence-electron chi connectivity index (χ3n) is 3.15. The minimum Gasteiger partial charge on any atom is -0.465 e. The molecular formula is C13H15NO5S. The van der Waals surface area contributed by atoms with Gasteiger partial charge in [-0.2, -0.15) is 0 Å². The smallest absolute Gasteiger partial charge is 0.337 e. The van der Waals surface area contributed by atoms with Crippen LogP contribution in [0.3, 0.4) is 0 Å². The van der Waals surface area contributed by atoms with E-state index in [-0.39, 0.29) is 27.8 Å². The highest BCUT2D eigenvalue weighted by atomic mass is 32.2. The van der Waals surface area contributed by atoms with E-state index in [1.807, 2.05) is 0 Å². The zero-order valence-corrected chi connectivity index (χ0v) is 12.2. The maximum absolute atomic E-state index is 12.4. The molecule has 1 amide bonds. The molecule has 1 aromatic rings. The molecule has 0 fully saturated rings. The molecular weight excluding hydrogens is 282 g/mol. The minimum absolute atomic E-state index is 0.0562. The van der Waals surface area contributed by atoms with Gasteiger partial charge in [-0.25, -0.2) is 13.2 Å². The van der Waals surface area contributed by atoms with Crippen molar-refractivity contribution in [2.24, 2.45) is 5.41 Å². The second kappa shape index (κ2) is 4.59. The summed E-state index contributed by atoms with van der Waals surface area (Å²) in [4.78, 5) is 23.4. The highest BCUT2D eigenvalue weighted by Gasteiger charge is 2.39. The SMILES string of the molecule is COC(=O)c1ccc2c(c1)S(=O)(=O)CC(C)(C)C(=O)N2. The molecule has 108 valence electrons. The predicted octanol–water partition coefficient (Wildman–Crippen LogP) is 1.23. The zero-order valence-electron chi connectivity index (χ0n) is 11.4. The van der Waals surface area contributed by atoms with Gasteiger partial charge in [-0.3, -0.25) is 4.79 Å². The number of ether oxygens (including phenoxy) is 1. The third kappa shape index (κ3) is 2.40. The van der Waals surface area contributed by atoms with Gasteiger partial charge in [0.2, 0.25) is 5.91 Å². The van der Waals surface area contributed by atoms with E-state index in [4.69, 9.17) is 0 Å². The molecule has 0 aliphatic carbocycles. The summed E-state index contributed by atoms with van der Waals surface area (Å²) in [6.07, 6.45) is 0. The van der Waals surface area contributed by atoms with Crippen molar-refractivity contribution in [3.63, 3.8) is 0 Å². The largest absolute Gasteiger partial charge is 0.465 e. The lowest BCUT2D eigenvalue weighted by Gasteiger charge is -2.18. The van der Waals surface area contributed by atoms with Crippen LogP contribution in [0.5, 0.6) is 0 Å². The second-order valence-corrected chi connectivity index (χ2v) is 7.26. The van der Waals surface area contributed by atoms with E-state index in [0.29, 0.717) is 0 Å². The number of methoxy groups -OCH3 is 1. The lowest BCUT2D eigenvalue weighted by atomic mass is 9.95. The Morgan fingerprint density at radius 3 is 2.60 bits per heavy atom. The van der Waals surface area contributed by atoms with E-state index in [1.165, 1.54) is 25.3 Å². The van der Waals surface area contributed by atoms with Crippen molar-refractivity contribution in [1.29, 1.82) is 0 Å². The molecule has 0 unspecified atom stereocenters. The molecule has 0 spiro atoms. The monoisotopic (exact) mass is 297 g/mol. The summed E-state index contributed by atoms with van der Waals surface area (Å²) in [6.45, 7) is 3.12. The molecule has 1 N–H and O–H groups in total. The molecule has 7 heteroatoms. The molecule has 0 aromatic heterocycles. The number of anilines is 1. The topological polar surface area (TPSA) is 89.5 Å². The van der Waals surface area contributed by atoms with Gasteiger partial charge < -0.3 is 10.1 Å². The van der Waals surface area contributed by atoms with Crippen molar-refractivity contribution in [3.05, 3.63) is 23.8 Å². The average molecular weight is 297 g/mol. The van der Waals surface area contributed by atoms with Crippen LogP contribution in [0.25, 0.3) is 0 Å². The fraction of sp³-hybridized carbons (Fsp3) is 0.385. The molecule has 0 atom stereocenters. The summed E-state index contributed by atoms with van der Waals surface area (Å²) >= 11 is 0. The molecule has 20 heavy (non-hydrogen) atoms. The molecule has 1 aliphatic rings. The minimum atomic E-state index is -3.67. The van der Waals surface area contributed by atoms with Crippen LogP contribution < -0.4 is 5.32 Å². The van der Waals surface area contributed by atoms with Crippen LogP contribution in [0.2, 0.25) is 0 Å². The summed E-state index contributed by atoms with van der Waals surface area (Å²) in [5.41, 5.74) is -0.722. The van der Waals surface area contributed by atoms with Crippen LogP contribution in [-0.2, 0) is 19.4 Å². The van der Waals surface area contributed by atoms with Crippen molar-refractivity contribution in [2.45, 2.75) is 18.7 Å². The van der Waals surface area contributed by atoms with Gasteiger partial charge in [0.05, 0.1) is 34.4 Å². The van der Waals surface area contributed by atoms with E-state index in [9.17, 15) is 18.0 Å². The molecule has 1 heterocycles. The number of hydrogen-bond acceptors (Lipinski definition) is 5. The first-order valence-corrected chi connectivity index (χ1v) is 7.59. The summed E-state index contributed by atoms with van der Waals surface area (Å²) in [5, 5.41) is 2.58. The van der Waals surface area contributed by atoms with E-state index >= 15 is 0 Å². The number of fused-ring (bicyclic) bond motifs is 1. The molecule has 2 rings (SSSR count). The molecule has 1 aliphatic heterocycles. The quantitative estimate of drug-likeness (QED) is 0.787. The summed E-state index contributed by atoms with van der Waals surface area (Å²) in [6, 6.07) is 4.05. The molecule has 6 nitrogen and oxygen atoms in total. The van der Waals surface area contributed by atoms with Gasteiger partial charge in [-0.1, -0.05) is 13.8 Å². The van der Waals surface area contributed by atoms with Crippen molar-refractivity contribution < 1.29 is 22.7 Å². The number of sulfone groups is 1.